The molecule has 0 bridgehead atoms. The van der Waals surface area contributed by atoms with Gasteiger partial charge in [-0.25, -0.2) is 18.0 Å². The molecule has 3 rings (SSSR count). The molecule has 1 fully saturated rings. The van der Waals surface area contributed by atoms with Crippen molar-refractivity contribution in [2.75, 3.05) is 17.7 Å². The van der Waals surface area contributed by atoms with Crippen molar-refractivity contribution in [3.63, 3.8) is 0 Å². The number of sulfonamides is 1. The summed E-state index contributed by atoms with van der Waals surface area (Å²) in [4.78, 5) is 28.2. The minimum atomic E-state index is -4.72. The van der Waals surface area contributed by atoms with E-state index in [0.29, 0.717) is 25.5 Å². The van der Waals surface area contributed by atoms with Crippen LogP contribution >= 0.6 is 0 Å². The van der Waals surface area contributed by atoms with Crippen LogP contribution in [0.25, 0.3) is 10.9 Å². The largest absolute Gasteiger partial charge is 0.416 e. The zero-order valence-corrected chi connectivity index (χ0v) is 14.2. The summed E-state index contributed by atoms with van der Waals surface area (Å²) in [5.74, 6) is 0. The van der Waals surface area contributed by atoms with Crippen LogP contribution in [0, 0.1) is 0 Å². The lowest BCUT2D eigenvalue weighted by Crippen LogP contribution is -2.43. The number of nitrogens with zero attached hydrogens (tertiary/aromatic N) is 1. The summed E-state index contributed by atoms with van der Waals surface area (Å²) in [7, 11) is -3.96. The molecule has 8 nitrogen and oxygen atoms in total. The Hall–Kier alpha value is -2.34. The Balaban J connectivity index is 2.32. The van der Waals surface area contributed by atoms with Gasteiger partial charge in [-0.05, 0) is 30.5 Å². The van der Waals surface area contributed by atoms with E-state index in [-0.39, 0.29) is 21.1 Å². The van der Waals surface area contributed by atoms with Crippen LogP contribution in [0.1, 0.15) is 30.1 Å². The molecule has 1 aliphatic rings. The fourth-order valence-corrected chi connectivity index (χ4v) is 3.36. The first-order valence-electron chi connectivity index (χ1n) is 7.47. The smallest absolute Gasteiger partial charge is 0.374 e. The lowest BCUT2D eigenvalue weighted by Gasteiger charge is -2.18. The molecule has 2 N–H and O–H groups in total. The Morgan fingerprint density at radius 2 is 2.00 bits per heavy atom. The van der Waals surface area contributed by atoms with E-state index in [0.717, 1.165) is 12.3 Å². The molecular formula is C14H14F3N3O5S. The summed E-state index contributed by atoms with van der Waals surface area (Å²) < 4.78 is 68.4. The highest BCUT2D eigenvalue weighted by atomic mass is 32.2. The molecule has 142 valence electrons. The number of nitrogens with one attached hydrogen (secondary N) is 2. The third-order valence-electron chi connectivity index (χ3n) is 3.91. The predicted molar refractivity (Wildman–Crippen MR) is 86.0 cm³/mol. The van der Waals surface area contributed by atoms with E-state index in [1.165, 1.54) is 0 Å². The molecule has 0 amide bonds. The number of fused-ring (bicyclic) bond motifs is 1. The van der Waals surface area contributed by atoms with Crippen molar-refractivity contribution in [3.8, 4) is 0 Å². The fraction of sp³-hybridized carbons (Fsp3) is 0.429. The Morgan fingerprint density at radius 1 is 1.31 bits per heavy atom. The van der Waals surface area contributed by atoms with E-state index in [4.69, 9.17) is 4.74 Å². The molecule has 1 aromatic carbocycles. The first-order chi connectivity index (χ1) is 12.0. The number of halogens is 3. The van der Waals surface area contributed by atoms with E-state index in [2.05, 4.69) is 4.98 Å². The maximum atomic E-state index is 13.4. The molecule has 0 aliphatic carbocycles. The predicted octanol–water partition coefficient (Wildman–Crippen LogP) is 1.06. The molecule has 1 saturated heterocycles. The van der Waals surface area contributed by atoms with E-state index in [1.54, 1.807) is 4.83 Å². The zero-order valence-electron chi connectivity index (χ0n) is 13.4. The van der Waals surface area contributed by atoms with Gasteiger partial charge in [-0.2, -0.15) is 17.8 Å². The third-order valence-corrected chi connectivity index (χ3v) is 4.42. The van der Waals surface area contributed by atoms with Crippen LogP contribution in [0.2, 0.25) is 0 Å². The summed E-state index contributed by atoms with van der Waals surface area (Å²) in [5.41, 5.74) is -3.87. The van der Waals surface area contributed by atoms with Gasteiger partial charge in [0.1, 0.15) is 0 Å². The van der Waals surface area contributed by atoms with Crippen molar-refractivity contribution in [1.82, 2.24) is 9.66 Å². The van der Waals surface area contributed by atoms with Crippen molar-refractivity contribution >= 4 is 20.9 Å². The van der Waals surface area contributed by atoms with Crippen molar-refractivity contribution in [3.05, 3.63) is 44.1 Å². The Morgan fingerprint density at radius 3 is 2.54 bits per heavy atom. The van der Waals surface area contributed by atoms with Crippen LogP contribution in [0.3, 0.4) is 0 Å². The van der Waals surface area contributed by atoms with Gasteiger partial charge in [0.25, 0.3) is 5.56 Å². The summed E-state index contributed by atoms with van der Waals surface area (Å²) in [6.45, 7) is 0.297. The maximum Gasteiger partial charge on any atom is 0.416 e. The average Bonchev–Trinajstić information content (AvgIpc) is 3.03. The molecule has 0 spiro atoms. The number of hydrogen-bond acceptors (Lipinski definition) is 5. The highest BCUT2D eigenvalue weighted by Gasteiger charge is 2.37. The monoisotopic (exact) mass is 393 g/mol. The zero-order chi connectivity index (χ0) is 19.3. The number of rotatable bonds is 3. The van der Waals surface area contributed by atoms with Gasteiger partial charge < -0.3 is 9.72 Å². The SMILES string of the molecule is CS(=O)(=O)Nn1c(=O)[nH]c2cc(C(F)(F)F)c([C@H]3CCCO3)cc2c1=O. The van der Waals surface area contributed by atoms with Crippen molar-refractivity contribution in [1.29, 1.82) is 0 Å². The molecule has 2 heterocycles. The Kier molecular flexibility index (Phi) is 4.35. The van der Waals surface area contributed by atoms with E-state index >= 15 is 0 Å². The second-order valence-corrected chi connectivity index (χ2v) is 7.65. The quantitative estimate of drug-likeness (QED) is 0.810. The standard InChI is InChI=1S/C14H14F3N3O5S/c1-26(23,24)19-20-12(21)8-5-7(11-3-2-4-25-11)9(14(15,16)17)6-10(8)18-13(20)22/h5-6,11,19H,2-4H2,1H3,(H,18,22)/t11-/m1/s1. The molecule has 1 aromatic heterocycles. The van der Waals surface area contributed by atoms with E-state index in [9.17, 15) is 31.2 Å². The number of aromatic amines is 1. The highest BCUT2D eigenvalue weighted by molar-refractivity contribution is 7.91. The minimum Gasteiger partial charge on any atom is -0.374 e. The van der Waals surface area contributed by atoms with Crippen LogP contribution in [0.5, 0.6) is 0 Å². The first kappa shape index (κ1) is 18.5. The molecule has 1 atom stereocenters. The number of aromatic nitrogens is 2. The third kappa shape index (κ3) is 3.46. The fourth-order valence-electron chi connectivity index (χ4n) is 2.86. The van der Waals surface area contributed by atoms with Gasteiger partial charge in [-0.1, -0.05) is 0 Å². The van der Waals surface area contributed by atoms with Gasteiger partial charge in [0.05, 0.1) is 28.8 Å². The topological polar surface area (TPSA) is 110 Å². The van der Waals surface area contributed by atoms with Crippen LogP contribution < -0.4 is 16.1 Å². The number of benzene rings is 1. The van der Waals surface area contributed by atoms with Crippen LogP contribution in [0.15, 0.2) is 21.7 Å². The van der Waals surface area contributed by atoms with Gasteiger partial charge in [-0.3, -0.25) is 4.79 Å². The second kappa shape index (κ2) is 6.13. The van der Waals surface area contributed by atoms with Crippen LogP contribution in [-0.4, -0.2) is 30.9 Å². The first-order valence-corrected chi connectivity index (χ1v) is 9.36. The summed E-state index contributed by atoms with van der Waals surface area (Å²) in [6, 6.07) is 1.66. The highest BCUT2D eigenvalue weighted by Crippen LogP contribution is 2.40. The van der Waals surface area contributed by atoms with Crippen LogP contribution in [-0.2, 0) is 20.9 Å². The number of H-pyrrole nitrogens is 1. The molecular weight excluding hydrogens is 379 g/mol. The summed E-state index contributed by atoms with van der Waals surface area (Å²) in [5, 5.41) is -0.265. The van der Waals surface area contributed by atoms with E-state index < -0.39 is 39.1 Å². The number of alkyl halides is 3. The van der Waals surface area contributed by atoms with Crippen LogP contribution in [0.4, 0.5) is 13.2 Å². The van der Waals surface area contributed by atoms with Gasteiger partial charge in [0.2, 0.25) is 10.0 Å². The van der Waals surface area contributed by atoms with Crippen molar-refractivity contribution in [2.24, 2.45) is 0 Å². The Bertz CT molecular complexity index is 1080. The number of ether oxygens (including phenoxy) is 1. The molecule has 2 aromatic rings. The molecule has 0 unspecified atom stereocenters. The average molecular weight is 393 g/mol. The molecule has 26 heavy (non-hydrogen) atoms. The lowest BCUT2D eigenvalue weighted by molar-refractivity contribution is -0.139. The second-order valence-electron chi connectivity index (χ2n) is 5.92. The van der Waals surface area contributed by atoms with Gasteiger partial charge >= 0.3 is 11.9 Å². The normalized spacial score (nSPS) is 18.4. The molecule has 0 saturated carbocycles. The summed E-state index contributed by atoms with van der Waals surface area (Å²) >= 11 is 0. The minimum absolute atomic E-state index is 0.199. The summed E-state index contributed by atoms with van der Waals surface area (Å²) in [6.07, 6.45) is -3.89. The maximum absolute atomic E-state index is 13.4. The number of hydrogen-bond donors (Lipinski definition) is 2. The molecule has 12 heteroatoms. The Labute approximate surface area is 144 Å². The van der Waals surface area contributed by atoms with Gasteiger partial charge in [-0.15, -0.1) is 0 Å². The van der Waals surface area contributed by atoms with Crippen molar-refractivity contribution in [2.45, 2.75) is 25.1 Å². The lowest BCUT2D eigenvalue weighted by atomic mass is 9.97. The van der Waals surface area contributed by atoms with E-state index in [1.807, 2.05) is 0 Å². The molecule has 1 aliphatic heterocycles. The van der Waals surface area contributed by atoms with Gasteiger partial charge in [0.15, 0.2) is 0 Å². The van der Waals surface area contributed by atoms with Crippen molar-refractivity contribution < 1.29 is 26.3 Å². The molecule has 0 radical (unpaired) electrons. The van der Waals surface area contributed by atoms with Gasteiger partial charge in [0, 0.05) is 6.61 Å².